The zero-order valence-electron chi connectivity index (χ0n) is 13.4. The van der Waals surface area contributed by atoms with Gasteiger partial charge in [-0.2, -0.15) is 4.31 Å². The van der Waals surface area contributed by atoms with E-state index >= 15 is 0 Å². The van der Waals surface area contributed by atoms with Crippen LogP contribution in [0.1, 0.15) is 19.4 Å². The number of rotatable bonds is 6. The van der Waals surface area contributed by atoms with Gasteiger partial charge in [0.1, 0.15) is 5.75 Å². The Morgan fingerprint density at radius 3 is 2.09 bits per heavy atom. The highest BCUT2D eigenvalue weighted by Crippen LogP contribution is 2.23. The SMILES string of the molecule is COc1ccc(CN(C(C)C)S(=O)(=O)c2ccc(Br)cc2)cc1. The molecule has 0 aromatic heterocycles. The first-order chi connectivity index (χ1) is 10.8. The molecule has 0 radical (unpaired) electrons. The summed E-state index contributed by atoms with van der Waals surface area (Å²) in [5.41, 5.74) is 0.917. The Kier molecular flexibility index (Phi) is 5.84. The third-order valence-electron chi connectivity index (χ3n) is 3.49. The molecule has 2 rings (SSSR count). The fraction of sp³-hybridized carbons (Fsp3) is 0.294. The van der Waals surface area contributed by atoms with Crippen LogP contribution in [0.25, 0.3) is 0 Å². The molecule has 0 aliphatic rings. The minimum Gasteiger partial charge on any atom is -0.497 e. The Morgan fingerprint density at radius 2 is 1.61 bits per heavy atom. The molecule has 0 amide bonds. The smallest absolute Gasteiger partial charge is 0.243 e. The Labute approximate surface area is 146 Å². The average molecular weight is 398 g/mol. The van der Waals surface area contributed by atoms with Gasteiger partial charge in [0, 0.05) is 17.1 Å². The van der Waals surface area contributed by atoms with E-state index in [4.69, 9.17) is 4.74 Å². The molecule has 0 heterocycles. The van der Waals surface area contributed by atoms with Crippen LogP contribution in [-0.4, -0.2) is 25.9 Å². The van der Waals surface area contributed by atoms with Gasteiger partial charge in [-0.15, -0.1) is 0 Å². The van der Waals surface area contributed by atoms with Crippen molar-refractivity contribution >= 4 is 26.0 Å². The maximum absolute atomic E-state index is 12.9. The van der Waals surface area contributed by atoms with Gasteiger partial charge in [-0.05, 0) is 55.8 Å². The Hall–Kier alpha value is -1.37. The number of hydrogen-bond donors (Lipinski definition) is 0. The van der Waals surface area contributed by atoms with Crippen LogP contribution < -0.4 is 4.74 Å². The van der Waals surface area contributed by atoms with Gasteiger partial charge in [-0.25, -0.2) is 8.42 Å². The van der Waals surface area contributed by atoms with E-state index in [1.165, 1.54) is 4.31 Å². The molecule has 124 valence electrons. The van der Waals surface area contributed by atoms with Crippen LogP contribution in [0, 0.1) is 0 Å². The predicted molar refractivity (Wildman–Crippen MR) is 95.0 cm³/mol. The van der Waals surface area contributed by atoms with Gasteiger partial charge in [-0.1, -0.05) is 28.1 Å². The summed E-state index contributed by atoms with van der Waals surface area (Å²) in [6.45, 7) is 4.07. The number of methoxy groups -OCH3 is 1. The molecule has 0 aliphatic carbocycles. The first-order valence-electron chi connectivity index (χ1n) is 7.25. The molecule has 2 aromatic rings. The first kappa shape index (κ1) is 18.0. The average Bonchev–Trinajstić information content (AvgIpc) is 2.53. The van der Waals surface area contributed by atoms with E-state index in [9.17, 15) is 8.42 Å². The number of ether oxygens (including phenoxy) is 1. The molecule has 0 spiro atoms. The summed E-state index contributed by atoms with van der Waals surface area (Å²) in [5, 5.41) is 0. The maximum Gasteiger partial charge on any atom is 0.243 e. The standard InChI is InChI=1S/C17H20BrNO3S/c1-13(2)19(12-14-4-8-16(22-3)9-5-14)23(20,21)17-10-6-15(18)7-11-17/h4-11,13H,12H2,1-3H3. The lowest BCUT2D eigenvalue weighted by Crippen LogP contribution is -2.36. The minimum atomic E-state index is -3.55. The Morgan fingerprint density at radius 1 is 1.04 bits per heavy atom. The Balaban J connectivity index is 2.31. The van der Waals surface area contributed by atoms with E-state index in [0.717, 1.165) is 15.8 Å². The van der Waals surface area contributed by atoms with Crippen molar-refractivity contribution in [3.63, 3.8) is 0 Å². The molecule has 0 unspecified atom stereocenters. The summed E-state index contributed by atoms with van der Waals surface area (Å²) in [7, 11) is -1.95. The molecule has 0 aliphatic heterocycles. The van der Waals surface area contributed by atoms with Crippen molar-refractivity contribution in [2.45, 2.75) is 31.3 Å². The van der Waals surface area contributed by atoms with Gasteiger partial charge in [0.2, 0.25) is 10.0 Å². The first-order valence-corrected chi connectivity index (χ1v) is 9.48. The van der Waals surface area contributed by atoms with Crippen LogP contribution in [0.2, 0.25) is 0 Å². The second kappa shape index (κ2) is 7.47. The summed E-state index contributed by atoms with van der Waals surface area (Å²) in [6, 6.07) is 14.0. The number of hydrogen-bond acceptors (Lipinski definition) is 3. The molecular weight excluding hydrogens is 378 g/mol. The molecule has 2 aromatic carbocycles. The van der Waals surface area contributed by atoms with E-state index in [2.05, 4.69) is 15.9 Å². The van der Waals surface area contributed by atoms with Crippen LogP contribution in [0.5, 0.6) is 5.75 Å². The van der Waals surface area contributed by atoms with Crippen molar-refractivity contribution in [3.05, 3.63) is 58.6 Å². The van der Waals surface area contributed by atoms with E-state index in [1.807, 2.05) is 38.1 Å². The Bertz CT molecular complexity index is 740. The fourth-order valence-corrected chi connectivity index (χ4v) is 4.09. The lowest BCUT2D eigenvalue weighted by atomic mass is 10.2. The molecule has 0 fully saturated rings. The second-order valence-electron chi connectivity index (χ2n) is 5.45. The summed E-state index contributed by atoms with van der Waals surface area (Å²) in [5.74, 6) is 0.751. The molecule has 23 heavy (non-hydrogen) atoms. The van der Waals surface area contributed by atoms with E-state index in [-0.39, 0.29) is 6.04 Å². The molecule has 4 nitrogen and oxygen atoms in total. The zero-order chi connectivity index (χ0) is 17.0. The lowest BCUT2D eigenvalue weighted by Gasteiger charge is -2.26. The van der Waals surface area contributed by atoms with Crippen molar-refractivity contribution in [3.8, 4) is 5.75 Å². The molecule has 0 atom stereocenters. The van der Waals surface area contributed by atoms with E-state index in [1.54, 1.807) is 31.4 Å². The highest BCUT2D eigenvalue weighted by atomic mass is 79.9. The number of halogens is 1. The van der Waals surface area contributed by atoms with Crippen LogP contribution in [0.4, 0.5) is 0 Å². The van der Waals surface area contributed by atoms with Gasteiger partial charge >= 0.3 is 0 Å². The highest BCUT2D eigenvalue weighted by Gasteiger charge is 2.27. The van der Waals surface area contributed by atoms with Gasteiger partial charge in [0.25, 0.3) is 0 Å². The second-order valence-corrected chi connectivity index (χ2v) is 8.25. The number of nitrogens with zero attached hydrogens (tertiary/aromatic N) is 1. The van der Waals surface area contributed by atoms with Crippen molar-refractivity contribution < 1.29 is 13.2 Å². The van der Waals surface area contributed by atoms with E-state index in [0.29, 0.717) is 11.4 Å². The summed E-state index contributed by atoms with van der Waals surface area (Å²) in [4.78, 5) is 0.294. The molecule has 0 saturated carbocycles. The normalized spacial score (nSPS) is 11.9. The van der Waals surface area contributed by atoms with Crippen LogP contribution in [-0.2, 0) is 16.6 Å². The van der Waals surface area contributed by atoms with Gasteiger partial charge in [0.05, 0.1) is 12.0 Å². The largest absolute Gasteiger partial charge is 0.497 e. The number of sulfonamides is 1. The summed E-state index contributed by atoms with van der Waals surface area (Å²) < 4.78 is 33.3. The lowest BCUT2D eigenvalue weighted by molar-refractivity contribution is 0.348. The molecule has 0 bridgehead atoms. The van der Waals surface area contributed by atoms with Crippen LogP contribution in [0.15, 0.2) is 57.9 Å². The fourth-order valence-electron chi connectivity index (χ4n) is 2.20. The van der Waals surface area contributed by atoms with Crippen LogP contribution in [0.3, 0.4) is 0 Å². The summed E-state index contributed by atoms with van der Waals surface area (Å²) >= 11 is 3.33. The van der Waals surface area contributed by atoms with Crippen molar-refractivity contribution in [1.29, 1.82) is 0 Å². The number of benzene rings is 2. The predicted octanol–water partition coefficient (Wildman–Crippen LogP) is 4.06. The van der Waals surface area contributed by atoms with Crippen LogP contribution >= 0.6 is 15.9 Å². The quantitative estimate of drug-likeness (QED) is 0.738. The van der Waals surface area contributed by atoms with Gasteiger partial charge < -0.3 is 4.74 Å². The maximum atomic E-state index is 12.9. The molecular formula is C17H20BrNO3S. The van der Waals surface area contributed by atoms with Crippen molar-refractivity contribution in [2.75, 3.05) is 7.11 Å². The van der Waals surface area contributed by atoms with E-state index < -0.39 is 10.0 Å². The third kappa shape index (κ3) is 4.34. The van der Waals surface area contributed by atoms with Crippen molar-refractivity contribution in [1.82, 2.24) is 4.31 Å². The molecule has 0 saturated heterocycles. The highest BCUT2D eigenvalue weighted by molar-refractivity contribution is 9.10. The van der Waals surface area contributed by atoms with Gasteiger partial charge in [0.15, 0.2) is 0 Å². The third-order valence-corrected chi connectivity index (χ3v) is 6.06. The summed E-state index contributed by atoms with van der Waals surface area (Å²) in [6.07, 6.45) is 0. The monoisotopic (exact) mass is 397 g/mol. The molecule has 0 N–H and O–H groups in total. The zero-order valence-corrected chi connectivity index (χ0v) is 15.8. The topological polar surface area (TPSA) is 46.6 Å². The van der Waals surface area contributed by atoms with Crippen molar-refractivity contribution in [2.24, 2.45) is 0 Å². The molecule has 6 heteroatoms. The minimum absolute atomic E-state index is 0.147. The van der Waals surface area contributed by atoms with Gasteiger partial charge in [-0.3, -0.25) is 0 Å².